The summed E-state index contributed by atoms with van der Waals surface area (Å²) in [7, 11) is 0. The number of para-hydroxylation sites is 1. The molecule has 0 saturated carbocycles. The molecule has 6 heteroatoms. The van der Waals surface area contributed by atoms with Crippen LogP contribution in [0.15, 0.2) is 24.3 Å². The molecule has 0 spiro atoms. The second kappa shape index (κ2) is 5.80. The van der Waals surface area contributed by atoms with Gasteiger partial charge < -0.3 is 10.8 Å². The van der Waals surface area contributed by atoms with Gasteiger partial charge >= 0.3 is 5.97 Å². The molecule has 0 heterocycles. The topological polar surface area (TPSA) is 92.4 Å². The molecule has 1 atom stereocenters. The lowest BCUT2D eigenvalue weighted by Crippen LogP contribution is -2.32. The fraction of sp³-hybridized carbons (Fsp3) is 0.200. The Hall–Kier alpha value is -1.15. The molecule has 1 aromatic carbocycles. The maximum absolute atomic E-state index is 11.8. The Morgan fingerprint density at radius 2 is 2.06 bits per heavy atom. The minimum atomic E-state index is -1.06. The highest BCUT2D eigenvalue weighted by Crippen LogP contribution is 2.14. The molecule has 16 heavy (non-hydrogen) atoms. The first kappa shape index (κ1) is 12.9. The minimum Gasteiger partial charge on any atom is -0.480 e. The Kier molecular flexibility index (Phi) is 4.69. The van der Waals surface area contributed by atoms with Crippen LogP contribution in [0, 0.1) is 0 Å². The third-order valence-electron chi connectivity index (χ3n) is 2.08. The summed E-state index contributed by atoms with van der Waals surface area (Å²) < 4.78 is 2.53. The average Bonchev–Trinajstić information content (AvgIpc) is 2.25. The van der Waals surface area contributed by atoms with Crippen molar-refractivity contribution in [2.75, 3.05) is 5.73 Å². The number of nitrogen functional groups attached to an aromatic ring is 1. The number of anilines is 1. The number of aliphatic carboxylic acids is 1. The van der Waals surface area contributed by atoms with E-state index in [2.05, 4.69) is 3.53 Å². The monoisotopic (exact) mass is 334 g/mol. The molecule has 1 rings (SSSR count). The molecule has 0 amide bonds. The number of carboxylic acid groups (broad SMARTS) is 1. The first-order valence-corrected chi connectivity index (χ1v) is 5.60. The molecule has 0 aliphatic heterocycles. The molecule has 0 saturated heterocycles. The van der Waals surface area contributed by atoms with E-state index in [1.807, 2.05) is 0 Å². The summed E-state index contributed by atoms with van der Waals surface area (Å²) in [5.41, 5.74) is 6.35. The quantitative estimate of drug-likeness (QED) is 0.326. The van der Waals surface area contributed by atoms with Crippen molar-refractivity contribution in [3.05, 3.63) is 29.8 Å². The average molecular weight is 334 g/mol. The minimum absolute atomic E-state index is 0.119. The lowest BCUT2D eigenvalue weighted by atomic mass is 10.0. The highest BCUT2D eigenvalue weighted by Gasteiger charge is 2.21. The van der Waals surface area contributed by atoms with Gasteiger partial charge in [0.05, 0.1) is 0 Å². The standard InChI is InChI=1S/C10H11IN2O3/c11-13-8(10(15)16)5-9(14)6-3-1-2-4-7(6)12/h1-4,8,13H,5,12H2,(H,15,16). The maximum Gasteiger partial charge on any atom is 0.321 e. The van der Waals surface area contributed by atoms with E-state index in [0.29, 0.717) is 11.3 Å². The second-order valence-electron chi connectivity index (χ2n) is 3.21. The number of nitrogens with one attached hydrogen (secondary N) is 1. The van der Waals surface area contributed by atoms with Crippen LogP contribution in [0.2, 0.25) is 0 Å². The van der Waals surface area contributed by atoms with Crippen LogP contribution < -0.4 is 9.26 Å². The van der Waals surface area contributed by atoms with Crippen molar-refractivity contribution in [2.24, 2.45) is 0 Å². The van der Waals surface area contributed by atoms with Crippen LogP contribution in [0.1, 0.15) is 16.8 Å². The van der Waals surface area contributed by atoms with Crippen molar-refractivity contribution in [2.45, 2.75) is 12.5 Å². The number of Topliss-reactive ketones (excluding diaryl/α,β-unsaturated/α-hetero) is 1. The summed E-state index contributed by atoms with van der Waals surface area (Å²) in [6, 6.07) is 5.71. The molecular weight excluding hydrogens is 323 g/mol. The Labute approximate surface area is 107 Å². The van der Waals surface area contributed by atoms with Gasteiger partial charge in [0.2, 0.25) is 0 Å². The molecule has 0 fully saturated rings. The van der Waals surface area contributed by atoms with Crippen molar-refractivity contribution < 1.29 is 14.7 Å². The van der Waals surface area contributed by atoms with E-state index >= 15 is 0 Å². The Morgan fingerprint density at radius 3 is 2.56 bits per heavy atom. The van der Waals surface area contributed by atoms with E-state index in [1.165, 1.54) is 0 Å². The largest absolute Gasteiger partial charge is 0.480 e. The predicted octanol–water partition coefficient (Wildman–Crippen LogP) is 1.23. The van der Waals surface area contributed by atoms with Gasteiger partial charge in [-0.25, -0.2) is 3.53 Å². The van der Waals surface area contributed by atoms with Gasteiger partial charge in [0.15, 0.2) is 5.78 Å². The number of carbonyl (C=O) groups is 2. The van der Waals surface area contributed by atoms with Crippen LogP contribution in [-0.4, -0.2) is 22.9 Å². The molecule has 0 aliphatic carbocycles. The van der Waals surface area contributed by atoms with Crippen LogP contribution in [0.25, 0.3) is 0 Å². The molecule has 5 nitrogen and oxygen atoms in total. The summed E-state index contributed by atoms with van der Waals surface area (Å²) in [6.45, 7) is 0. The van der Waals surface area contributed by atoms with Crippen LogP contribution in [0.5, 0.6) is 0 Å². The SMILES string of the molecule is Nc1ccccc1C(=O)CC(NI)C(=O)O. The first-order chi connectivity index (χ1) is 7.56. The number of rotatable bonds is 5. The maximum atomic E-state index is 11.8. The molecule has 0 aliphatic rings. The number of hydrogen-bond acceptors (Lipinski definition) is 4. The highest BCUT2D eigenvalue weighted by molar-refractivity contribution is 14.1. The number of hydrogen-bond donors (Lipinski definition) is 3. The van der Waals surface area contributed by atoms with Crippen molar-refractivity contribution in [3.63, 3.8) is 0 Å². The van der Waals surface area contributed by atoms with E-state index in [4.69, 9.17) is 10.8 Å². The van der Waals surface area contributed by atoms with Crippen molar-refractivity contribution in [1.29, 1.82) is 0 Å². The van der Waals surface area contributed by atoms with E-state index in [9.17, 15) is 9.59 Å². The molecule has 0 aromatic heterocycles. The summed E-state index contributed by atoms with van der Waals surface area (Å²) in [6.07, 6.45) is -0.119. The predicted molar refractivity (Wildman–Crippen MR) is 68.4 cm³/mol. The zero-order valence-corrected chi connectivity index (χ0v) is 10.5. The molecule has 86 valence electrons. The lowest BCUT2D eigenvalue weighted by Gasteiger charge is -2.09. The summed E-state index contributed by atoms with van der Waals surface area (Å²) in [5, 5.41) is 8.79. The first-order valence-electron chi connectivity index (χ1n) is 4.53. The number of carbonyl (C=O) groups excluding carboxylic acids is 1. The fourth-order valence-electron chi connectivity index (χ4n) is 1.22. The van der Waals surface area contributed by atoms with Gasteiger partial charge in [-0.3, -0.25) is 9.59 Å². The van der Waals surface area contributed by atoms with Crippen LogP contribution in [0.3, 0.4) is 0 Å². The van der Waals surface area contributed by atoms with Gasteiger partial charge in [0, 0.05) is 40.5 Å². The third-order valence-corrected chi connectivity index (χ3v) is 2.83. The van der Waals surface area contributed by atoms with Crippen LogP contribution in [-0.2, 0) is 4.79 Å². The molecule has 0 bridgehead atoms. The van der Waals surface area contributed by atoms with Crippen molar-refractivity contribution in [1.82, 2.24) is 3.53 Å². The van der Waals surface area contributed by atoms with Gasteiger partial charge in [-0.15, -0.1) is 0 Å². The molecule has 0 radical (unpaired) electrons. The zero-order chi connectivity index (χ0) is 12.1. The van der Waals surface area contributed by atoms with Gasteiger partial charge in [0.25, 0.3) is 0 Å². The number of ketones is 1. The Morgan fingerprint density at radius 1 is 1.44 bits per heavy atom. The van der Waals surface area contributed by atoms with Crippen molar-refractivity contribution >= 4 is 40.3 Å². The number of benzene rings is 1. The normalized spacial score (nSPS) is 12.1. The summed E-state index contributed by atoms with van der Waals surface area (Å²) >= 11 is 1.71. The highest BCUT2D eigenvalue weighted by atomic mass is 127. The van der Waals surface area contributed by atoms with Gasteiger partial charge in [0.1, 0.15) is 6.04 Å². The molecular formula is C10H11IN2O3. The zero-order valence-electron chi connectivity index (χ0n) is 8.31. The van der Waals surface area contributed by atoms with Crippen molar-refractivity contribution in [3.8, 4) is 0 Å². The molecule has 4 N–H and O–H groups in total. The second-order valence-corrected chi connectivity index (χ2v) is 3.84. The number of carboxylic acids is 1. The number of halogens is 1. The van der Waals surface area contributed by atoms with E-state index in [0.717, 1.165) is 0 Å². The molecule has 1 unspecified atom stereocenters. The lowest BCUT2D eigenvalue weighted by molar-refractivity contribution is -0.138. The van der Waals surface area contributed by atoms with E-state index in [-0.39, 0.29) is 12.2 Å². The number of nitrogens with two attached hydrogens (primary N) is 1. The van der Waals surface area contributed by atoms with Crippen LogP contribution in [0.4, 0.5) is 5.69 Å². The van der Waals surface area contributed by atoms with Gasteiger partial charge in [-0.1, -0.05) is 12.1 Å². The van der Waals surface area contributed by atoms with E-state index < -0.39 is 12.0 Å². The van der Waals surface area contributed by atoms with Crippen LogP contribution >= 0.6 is 22.9 Å². The van der Waals surface area contributed by atoms with E-state index in [1.54, 1.807) is 47.1 Å². The van der Waals surface area contributed by atoms with Gasteiger partial charge in [-0.2, -0.15) is 0 Å². The smallest absolute Gasteiger partial charge is 0.321 e. The summed E-state index contributed by atoms with van der Waals surface area (Å²) in [5.74, 6) is -1.34. The van der Waals surface area contributed by atoms with Gasteiger partial charge in [-0.05, 0) is 12.1 Å². The third kappa shape index (κ3) is 3.17. The molecule has 1 aromatic rings. The Balaban J connectivity index is 2.80. The Bertz CT molecular complexity index is 409. The summed E-state index contributed by atoms with van der Waals surface area (Å²) in [4.78, 5) is 22.5. The fourth-order valence-corrected chi connectivity index (χ4v) is 1.71.